The van der Waals surface area contributed by atoms with Crippen molar-refractivity contribution in [3.63, 3.8) is 0 Å². The van der Waals surface area contributed by atoms with Gasteiger partial charge in [0.15, 0.2) is 8.68 Å². The van der Waals surface area contributed by atoms with Crippen LogP contribution in [-0.2, 0) is 19.1 Å². The van der Waals surface area contributed by atoms with Crippen molar-refractivity contribution in [1.82, 2.24) is 10.2 Å². The molecule has 0 saturated heterocycles. The molecule has 0 unspecified atom stereocenters. The fraction of sp³-hybridized carbons (Fsp3) is 0.818. The Kier molecular flexibility index (Phi) is 21.0. The van der Waals surface area contributed by atoms with Crippen LogP contribution in [0.15, 0.2) is 8.68 Å². The van der Waals surface area contributed by atoms with Gasteiger partial charge in [-0.3, -0.25) is 9.59 Å². The molecule has 1 aromatic heterocycles. The topological polar surface area (TPSA) is 78.4 Å². The Labute approximate surface area is 219 Å². The molecule has 0 fully saturated rings. The lowest BCUT2D eigenvalue weighted by Gasteiger charge is -2.04. The lowest BCUT2D eigenvalue weighted by atomic mass is 10.1. The summed E-state index contributed by atoms with van der Waals surface area (Å²) in [5, 5.41) is 8.24. The molecule has 0 radical (unpaired) electrons. The molecule has 1 rings (SSSR count). The van der Waals surface area contributed by atoms with Crippen LogP contribution in [0.2, 0.25) is 0 Å². The molecular formula is C22H38N2O4S5. The third-order valence-electron chi connectivity index (χ3n) is 4.52. The van der Waals surface area contributed by atoms with Gasteiger partial charge in [0.2, 0.25) is 0 Å². The zero-order valence-electron chi connectivity index (χ0n) is 19.9. The fourth-order valence-electron chi connectivity index (χ4n) is 2.74. The predicted octanol–water partition coefficient (Wildman–Crippen LogP) is 7.83. The molecule has 190 valence electrons. The van der Waals surface area contributed by atoms with Crippen molar-refractivity contribution in [2.75, 3.05) is 24.7 Å². The van der Waals surface area contributed by atoms with Gasteiger partial charge in [-0.1, -0.05) is 111 Å². The van der Waals surface area contributed by atoms with Crippen LogP contribution in [0.1, 0.15) is 90.9 Å². The maximum Gasteiger partial charge on any atom is 0.316 e. The van der Waals surface area contributed by atoms with Gasteiger partial charge in [-0.25, -0.2) is 0 Å². The minimum atomic E-state index is -0.185. The first-order valence-electron chi connectivity index (χ1n) is 11.9. The molecule has 0 atom stereocenters. The summed E-state index contributed by atoms with van der Waals surface area (Å²) in [5.74, 6) is 0.217. The van der Waals surface area contributed by atoms with Crippen LogP contribution in [0.4, 0.5) is 0 Å². The third-order valence-corrected chi connectivity index (χ3v) is 10.4. The normalized spacial score (nSPS) is 11.0. The van der Waals surface area contributed by atoms with Gasteiger partial charge in [-0.05, 0) is 34.4 Å². The van der Waals surface area contributed by atoms with Crippen molar-refractivity contribution in [2.45, 2.75) is 99.6 Å². The van der Waals surface area contributed by atoms with E-state index in [9.17, 15) is 9.59 Å². The van der Waals surface area contributed by atoms with Gasteiger partial charge in [0.05, 0.1) is 13.2 Å². The molecule has 6 nitrogen and oxygen atoms in total. The summed E-state index contributed by atoms with van der Waals surface area (Å²) in [5.41, 5.74) is 0. The fourth-order valence-corrected chi connectivity index (χ4v) is 8.00. The first-order chi connectivity index (χ1) is 16.2. The van der Waals surface area contributed by atoms with Crippen molar-refractivity contribution in [2.24, 2.45) is 0 Å². The van der Waals surface area contributed by atoms with E-state index in [1.807, 2.05) is 0 Å². The van der Waals surface area contributed by atoms with Crippen LogP contribution in [0.25, 0.3) is 0 Å². The molecule has 0 amide bonds. The van der Waals surface area contributed by atoms with Crippen LogP contribution in [0, 0.1) is 0 Å². The summed E-state index contributed by atoms with van der Waals surface area (Å²) in [6.45, 7) is 5.42. The molecule has 0 spiro atoms. The molecule has 11 heteroatoms. The second-order valence-electron chi connectivity index (χ2n) is 7.50. The molecule has 0 aliphatic heterocycles. The van der Waals surface area contributed by atoms with Gasteiger partial charge in [-0.15, -0.1) is 10.2 Å². The largest absolute Gasteiger partial charge is 0.465 e. The number of hydrogen-bond donors (Lipinski definition) is 0. The second-order valence-corrected chi connectivity index (χ2v) is 13.6. The van der Waals surface area contributed by atoms with E-state index in [-0.39, 0.29) is 11.9 Å². The number of carbonyl (C=O) groups excluding carboxylic acids is 2. The Morgan fingerprint density at radius 3 is 1.48 bits per heavy atom. The zero-order chi connectivity index (χ0) is 24.0. The van der Waals surface area contributed by atoms with Crippen LogP contribution < -0.4 is 0 Å². The Hall–Kier alpha value is -0.100. The molecule has 0 saturated carbocycles. The highest BCUT2D eigenvalue weighted by atomic mass is 33.1. The SMILES string of the molecule is CCCCCCCCOC(=O)CSSc1nnc(SSCC(=O)OCCCCCCCC)s1. The van der Waals surface area contributed by atoms with E-state index in [2.05, 4.69) is 24.0 Å². The monoisotopic (exact) mass is 554 g/mol. The summed E-state index contributed by atoms with van der Waals surface area (Å²) in [6, 6.07) is 0. The minimum Gasteiger partial charge on any atom is -0.465 e. The number of carbonyl (C=O) groups is 2. The van der Waals surface area contributed by atoms with Crippen molar-refractivity contribution in [3.05, 3.63) is 0 Å². The van der Waals surface area contributed by atoms with Crippen molar-refractivity contribution in [3.8, 4) is 0 Å². The maximum atomic E-state index is 11.8. The Balaban J connectivity index is 2.01. The first-order valence-corrected chi connectivity index (χ1v) is 17.3. The summed E-state index contributed by atoms with van der Waals surface area (Å²) in [6.07, 6.45) is 14.1. The number of unbranched alkanes of at least 4 members (excludes halogenated alkanes) is 10. The molecule has 1 heterocycles. The van der Waals surface area contributed by atoms with E-state index < -0.39 is 0 Å². The van der Waals surface area contributed by atoms with Gasteiger partial charge >= 0.3 is 11.9 Å². The second kappa shape index (κ2) is 22.4. The van der Waals surface area contributed by atoms with Gasteiger partial charge in [-0.2, -0.15) is 0 Å². The average Bonchev–Trinajstić information content (AvgIpc) is 3.25. The molecule has 0 aliphatic carbocycles. The van der Waals surface area contributed by atoms with Crippen LogP contribution in [0.3, 0.4) is 0 Å². The van der Waals surface area contributed by atoms with Crippen LogP contribution >= 0.6 is 54.5 Å². The smallest absolute Gasteiger partial charge is 0.316 e. The number of nitrogens with zero attached hydrogens (tertiary/aromatic N) is 2. The Bertz CT molecular complexity index is 583. The highest BCUT2D eigenvalue weighted by Crippen LogP contribution is 2.39. The Morgan fingerprint density at radius 1 is 0.667 bits per heavy atom. The highest BCUT2D eigenvalue weighted by molar-refractivity contribution is 8.78. The summed E-state index contributed by atoms with van der Waals surface area (Å²) >= 11 is 1.46. The van der Waals surface area contributed by atoms with Crippen LogP contribution in [-0.4, -0.2) is 46.9 Å². The van der Waals surface area contributed by atoms with E-state index in [0.29, 0.717) is 24.7 Å². The Morgan fingerprint density at radius 2 is 1.06 bits per heavy atom. The van der Waals surface area contributed by atoms with E-state index in [1.54, 1.807) is 0 Å². The predicted molar refractivity (Wildman–Crippen MR) is 145 cm³/mol. The van der Waals surface area contributed by atoms with Crippen molar-refractivity contribution >= 4 is 66.5 Å². The zero-order valence-corrected chi connectivity index (χ0v) is 24.0. The third kappa shape index (κ3) is 18.8. The summed E-state index contributed by atoms with van der Waals surface area (Å²) in [4.78, 5) is 23.6. The molecule has 1 aromatic rings. The quantitative estimate of drug-likeness (QED) is 0.0803. The number of rotatable bonds is 22. The van der Waals surface area contributed by atoms with Gasteiger partial charge in [0.1, 0.15) is 11.5 Å². The standard InChI is InChI=1S/C22H38N2O4S5/c1-3-5-7-9-11-13-15-27-19(25)17-29-32-21-23-24-22(31-21)33-30-18-20(26)28-16-14-12-10-8-6-4-2/h3-18H2,1-2H3. The molecule has 0 bridgehead atoms. The van der Waals surface area contributed by atoms with E-state index in [0.717, 1.165) is 34.4 Å². The number of esters is 2. The first kappa shape index (κ1) is 30.9. The molecule has 33 heavy (non-hydrogen) atoms. The molecular weight excluding hydrogens is 517 g/mol. The van der Waals surface area contributed by atoms with Crippen molar-refractivity contribution < 1.29 is 19.1 Å². The number of hydrogen-bond acceptors (Lipinski definition) is 11. The molecule has 0 aliphatic rings. The summed E-state index contributed by atoms with van der Waals surface area (Å²) < 4.78 is 12.1. The lowest BCUT2D eigenvalue weighted by Crippen LogP contribution is -2.07. The van der Waals surface area contributed by atoms with Gasteiger partial charge in [0.25, 0.3) is 0 Å². The van der Waals surface area contributed by atoms with Gasteiger partial charge < -0.3 is 9.47 Å². The summed E-state index contributed by atoms with van der Waals surface area (Å²) in [7, 11) is 5.68. The molecule has 0 aromatic carbocycles. The lowest BCUT2D eigenvalue weighted by molar-refractivity contribution is -0.141. The van der Waals surface area contributed by atoms with Gasteiger partial charge in [0, 0.05) is 0 Å². The van der Waals surface area contributed by atoms with Crippen LogP contribution in [0.5, 0.6) is 0 Å². The average molecular weight is 555 g/mol. The maximum absolute atomic E-state index is 11.8. The number of aromatic nitrogens is 2. The minimum absolute atomic E-state index is 0.185. The molecule has 0 N–H and O–H groups in total. The number of ether oxygens (including phenoxy) is 2. The van der Waals surface area contributed by atoms with E-state index >= 15 is 0 Å². The van der Waals surface area contributed by atoms with E-state index in [4.69, 9.17) is 9.47 Å². The van der Waals surface area contributed by atoms with Crippen molar-refractivity contribution in [1.29, 1.82) is 0 Å². The highest BCUT2D eigenvalue weighted by Gasteiger charge is 2.10. The van der Waals surface area contributed by atoms with E-state index in [1.165, 1.54) is 106 Å².